The molecule has 1 heterocycles. The van der Waals surface area contributed by atoms with Crippen molar-refractivity contribution in [1.82, 2.24) is 0 Å². The number of furan rings is 1. The van der Waals surface area contributed by atoms with Crippen LogP contribution in [0.1, 0.15) is 23.6 Å². The van der Waals surface area contributed by atoms with E-state index < -0.39 is 0 Å². The second kappa shape index (κ2) is 12.0. The van der Waals surface area contributed by atoms with Crippen molar-refractivity contribution >= 4 is 39.0 Å². The molecular weight excluding hydrogens is 631 g/mol. The molecule has 0 unspecified atom stereocenters. The van der Waals surface area contributed by atoms with Crippen LogP contribution in [0.15, 0.2) is 199 Å². The minimum absolute atomic E-state index is 0.377. The van der Waals surface area contributed by atoms with E-state index in [1.165, 1.54) is 50.1 Å². The lowest BCUT2D eigenvalue weighted by Crippen LogP contribution is -2.22. The van der Waals surface area contributed by atoms with Crippen LogP contribution in [0.25, 0.3) is 55.3 Å². The number of anilines is 3. The summed E-state index contributed by atoms with van der Waals surface area (Å²) in [4.78, 5) is 2.38. The molecule has 246 valence electrons. The monoisotopic (exact) mass is 665 g/mol. The first-order valence-electron chi connectivity index (χ1n) is 17.9. The van der Waals surface area contributed by atoms with Crippen molar-refractivity contribution in [1.29, 1.82) is 0 Å². The van der Waals surface area contributed by atoms with Gasteiger partial charge in [-0.3, -0.25) is 0 Å². The second-order valence-corrected chi connectivity index (χ2v) is 13.8. The summed E-state index contributed by atoms with van der Waals surface area (Å²) in [5, 5.41) is 2.20. The van der Waals surface area contributed by atoms with Gasteiger partial charge < -0.3 is 9.32 Å². The Morgan fingerprint density at radius 1 is 0.423 bits per heavy atom. The summed E-state index contributed by atoms with van der Waals surface area (Å²) in [5.74, 6) is 0. The van der Waals surface area contributed by atoms with Gasteiger partial charge in [-0.2, -0.15) is 0 Å². The number of para-hydroxylation sites is 1. The van der Waals surface area contributed by atoms with E-state index in [2.05, 4.69) is 206 Å². The highest BCUT2D eigenvalue weighted by Crippen LogP contribution is 2.54. The van der Waals surface area contributed by atoms with E-state index in [4.69, 9.17) is 4.42 Å². The smallest absolute Gasteiger partial charge is 0.139 e. The van der Waals surface area contributed by atoms with Gasteiger partial charge in [-0.15, -0.1) is 0 Å². The standard InChI is InChI=1S/C50H35NO/c1-50(43-24-10-8-21-40(43)41-22-9-11-25-44(41)50)45-26-13-23-42-48-46(27-14-28-47(48)52-49(42)45)51(38-31-29-36(30-32-38)34-15-4-2-5-16-34)39-20-12-19-37(33-39)35-17-6-3-7-18-35/h2-33H,1H3. The van der Waals surface area contributed by atoms with Crippen LogP contribution in [0.4, 0.5) is 17.1 Å². The minimum Gasteiger partial charge on any atom is -0.456 e. The first-order valence-corrected chi connectivity index (χ1v) is 17.9. The van der Waals surface area contributed by atoms with Gasteiger partial charge in [0.1, 0.15) is 11.2 Å². The Hall–Kier alpha value is -6.64. The fraction of sp³-hybridized carbons (Fsp3) is 0.0400. The summed E-state index contributed by atoms with van der Waals surface area (Å²) < 4.78 is 7.00. The number of rotatable bonds is 6. The Bertz CT molecular complexity index is 2700. The van der Waals surface area contributed by atoms with E-state index in [0.29, 0.717) is 0 Å². The van der Waals surface area contributed by atoms with Gasteiger partial charge in [0.05, 0.1) is 11.1 Å². The van der Waals surface area contributed by atoms with Crippen LogP contribution in [-0.2, 0) is 5.41 Å². The quantitative estimate of drug-likeness (QED) is 0.176. The number of nitrogens with zero attached hydrogens (tertiary/aromatic N) is 1. The zero-order valence-corrected chi connectivity index (χ0v) is 28.8. The Kier molecular flexibility index (Phi) is 6.97. The van der Waals surface area contributed by atoms with Crippen molar-refractivity contribution in [3.05, 3.63) is 211 Å². The molecule has 0 N–H and O–H groups in total. The van der Waals surface area contributed by atoms with E-state index in [9.17, 15) is 0 Å². The number of hydrogen-bond donors (Lipinski definition) is 0. The van der Waals surface area contributed by atoms with Crippen LogP contribution >= 0.6 is 0 Å². The third-order valence-corrected chi connectivity index (χ3v) is 10.9. The molecule has 0 atom stereocenters. The van der Waals surface area contributed by atoms with Crippen molar-refractivity contribution in [3.63, 3.8) is 0 Å². The number of hydrogen-bond acceptors (Lipinski definition) is 2. The Labute approximate surface area is 303 Å². The fourth-order valence-electron chi connectivity index (χ4n) is 8.47. The number of benzene rings is 8. The van der Waals surface area contributed by atoms with Gasteiger partial charge in [0.15, 0.2) is 0 Å². The zero-order valence-electron chi connectivity index (χ0n) is 28.8. The summed E-state index contributed by atoms with van der Waals surface area (Å²) in [6, 6.07) is 69.7. The first-order chi connectivity index (χ1) is 25.7. The van der Waals surface area contributed by atoms with Crippen molar-refractivity contribution < 1.29 is 4.42 Å². The average Bonchev–Trinajstić information content (AvgIpc) is 3.73. The summed E-state index contributed by atoms with van der Waals surface area (Å²) in [6.45, 7) is 2.36. The van der Waals surface area contributed by atoms with Gasteiger partial charge in [0.25, 0.3) is 0 Å². The normalized spacial score (nSPS) is 12.9. The van der Waals surface area contributed by atoms with Crippen LogP contribution < -0.4 is 4.90 Å². The van der Waals surface area contributed by atoms with Gasteiger partial charge >= 0.3 is 0 Å². The molecule has 2 nitrogen and oxygen atoms in total. The van der Waals surface area contributed by atoms with E-state index in [-0.39, 0.29) is 5.41 Å². The average molecular weight is 666 g/mol. The Morgan fingerprint density at radius 3 is 1.65 bits per heavy atom. The lowest BCUT2D eigenvalue weighted by atomic mass is 9.74. The highest BCUT2D eigenvalue weighted by molar-refractivity contribution is 6.14. The highest BCUT2D eigenvalue weighted by Gasteiger charge is 2.42. The van der Waals surface area contributed by atoms with Crippen LogP contribution in [-0.4, -0.2) is 0 Å². The van der Waals surface area contributed by atoms with Crippen LogP contribution in [0.5, 0.6) is 0 Å². The van der Waals surface area contributed by atoms with Gasteiger partial charge in [-0.05, 0) is 87.8 Å². The molecule has 1 aliphatic rings. The lowest BCUT2D eigenvalue weighted by molar-refractivity contribution is 0.638. The molecule has 0 amide bonds. The maximum Gasteiger partial charge on any atom is 0.139 e. The van der Waals surface area contributed by atoms with E-state index in [1.54, 1.807) is 0 Å². The molecule has 2 heteroatoms. The van der Waals surface area contributed by atoms with Crippen LogP contribution in [0, 0.1) is 0 Å². The lowest BCUT2D eigenvalue weighted by Gasteiger charge is -2.28. The Morgan fingerprint density at radius 2 is 0.962 bits per heavy atom. The molecule has 0 fully saturated rings. The summed E-state index contributed by atoms with van der Waals surface area (Å²) in [7, 11) is 0. The molecule has 8 aromatic carbocycles. The molecule has 0 saturated carbocycles. The van der Waals surface area contributed by atoms with Crippen LogP contribution in [0.2, 0.25) is 0 Å². The molecule has 0 radical (unpaired) electrons. The first kappa shape index (κ1) is 30.2. The van der Waals surface area contributed by atoms with E-state index >= 15 is 0 Å². The topological polar surface area (TPSA) is 16.4 Å². The van der Waals surface area contributed by atoms with Crippen molar-refractivity contribution in [2.24, 2.45) is 0 Å². The molecule has 0 saturated heterocycles. The third kappa shape index (κ3) is 4.65. The highest BCUT2D eigenvalue weighted by atomic mass is 16.3. The second-order valence-electron chi connectivity index (χ2n) is 13.8. The predicted molar refractivity (Wildman–Crippen MR) is 217 cm³/mol. The SMILES string of the molecule is CC1(c2cccc3c2oc2cccc(N(c4ccc(-c5ccccc5)cc4)c4cccc(-c5ccccc5)c4)c23)c2ccccc2-c2ccccc21. The molecule has 52 heavy (non-hydrogen) atoms. The van der Waals surface area contributed by atoms with Gasteiger partial charge in [-0.1, -0.05) is 158 Å². The zero-order chi connectivity index (χ0) is 34.6. The maximum absolute atomic E-state index is 7.00. The van der Waals surface area contributed by atoms with Crippen molar-refractivity contribution in [2.45, 2.75) is 12.3 Å². The molecule has 0 spiro atoms. The summed E-state index contributed by atoms with van der Waals surface area (Å²) in [5.41, 5.74) is 15.8. The molecule has 0 aliphatic heterocycles. The summed E-state index contributed by atoms with van der Waals surface area (Å²) in [6.07, 6.45) is 0. The third-order valence-electron chi connectivity index (χ3n) is 10.9. The maximum atomic E-state index is 7.00. The largest absolute Gasteiger partial charge is 0.456 e. The van der Waals surface area contributed by atoms with Gasteiger partial charge in [0, 0.05) is 27.7 Å². The molecule has 0 bridgehead atoms. The van der Waals surface area contributed by atoms with E-state index in [1.807, 2.05) is 0 Å². The molecule has 9 aromatic rings. The van der Waals surface area contributed by atoms with Gasteiger partial charge in [-0.25, -0.2) is 0 Å². The van der Waals surface area contributed by atoms with Crippen LogP contribution in [0.3, 0.4) is 0 Å². The van der Waals surface area contributed by atoms with E-state index in [0.717, 1.165) is 39.0 Å². The molecular formula is C50H35NO. The molecule has 1 aromatic heterocycles. The Balaban J connectivity index is 1.20. The fourth-order valence-corrected chi connectivity index (χ4v) is 8.47. The molecule has 1 aliphatic carbocycles. The van der Waals surface area contributed by atoms with Crippen molar-refractivity contribution in [3.8, 4) is 33.4 Å². The summed E-state index contributed by atoms with van der Waals surface area (Å²) >= 11 is 0. The predicted octanol–water partition coefficient (Wildman–Crippen LogP) is 13.7. The minimum atomic E-state index is -0.377. The number of fused-ring (bicyclic) bond motifs is 6. The molecule has 10 rings (SSSR count). The van der Waals surface area contributed by atoms with Crippen molar-refractivity contribution in [2.75, 3.05) is 4.90 Å². The van der Waals surface area contributed by atoms with Gasteiger partial charge in [0.2, 0.25) is 0 Å².